The summed E-state index contributed by atoms with van der Waals surface area (Å²) in [4.78, 5) is 3.83. The highest BCUT2D eigenvalue weighted by molar-refractivity contribution is 6.18. The SMILES string of the molecule is [C-]#[N+]c1ccc2c(c1)c1ccccc1n2-c1cc(-n2c3ccccc3c3ccccc32)c2oc3c(-n4c5ccccc5c5cc(C#N)ccc54)cc(-n4c5ccccc5c5cc(C#N)ccc54)cc3c2c1. The Bertz CT molecular complexity index is 4940. The van der Waals surface area contributed by atoms with Crippen LogP contribution in [0.1, 0.15) is 11.1 Å². The Morgan fingerprint density at radius 2 is 0.676 bits per heavy atom. The number of nitrogens with zero attached hydrogens (tertiary/aromatic N) is 7. The highest BCUT2D eigenvalue weighted by atomic mass is 16.3. The van der Waals surface area contributed by atoms with Gasteiger partial charge in [0.1, 0.15) is 0 Å². The molecule has 0 bridgehead atoms. The molecule has 5 heterocycles. The van der Waals surface area contributed by atoms with Gasteiger partial charge in [0.15, 0.2) is 16.9 Å². The molecule has 0 fully saturated rings. The summed E-state index contributed by atoms with van der Waals surface area (Å²) in [5.74, 6) is 0. The lowest BCUT2D eigenvalue weighted by molar-refractivity contribution is 0.663. The third-order valence-corrected chi connectivity index (χ3v) is 14.6. The standard InChI is InChI=1S/C63H33N7O/c1-66-39-24-27-58-49(30-39)46-16-5-8-18-53(46)68(58)41-32-50-51-31-40(67-52-17-7-4-14-44(52)47-28-37(35-64)22-25-57(47)67)34-61(70-56-21-11-6-15-45(56)48-29-38(36-65)23-26-59(48)70)63(51)71-62(50)60(33-41)69-54-19-9-2-12-42(54)43-13-3-10-20-55(43)69/h2-34H. The van der Waals surface area contributed by atoms with Crippen molar-refractivity contribution < 1.29 is 4.42 Å². The third-order valence-electron chi connectivity index (χ3n) is 14.6. The molecule has 8 nitrogen and oxygen atoms in total. The van der Waals surface area contributed by atoms with Crippen molar-refractivity contribution in [1.82, 2.24) is 18.3 Å². The van der Waals surface area contributed by atoms with E-state index >= 15 is 0 Å². The van der Waals surface area contributed by atoms with Crippen LogP contribution in [-0.2, 0) is 0 Å². The molecule has 10 aromatic carbocycles. The smallest absolute Gasteiger partial charge is 0.188 e. The van der Waals surface area contributed by atoms with Crippen molar-refractivity contribution in [3.05, 3.63) is 223 Å². The summed E-state index contributed by atoms with van der Waals surface area (Å²) in [7, 11) is 0. The van der Waals surface area contributed by atoms with E-state index < -0.39 is 0 Å². The summed E-state index contributed by atoms with van der Waals surface area (Å²) in [6.45, 7) is 7.92. The lowest BCUT2D eigenvalue weighted by atomic mass is 10.1. The van der Waals surface area contributed by atoms with Crippen molar-refractivity contribution in [2.24, 2.45) is 0 Å². The molecule has 0 saturated heterocycles. The van der Waals surface area contributed by atoms with E-state index in [1.165, 1.54) is 0 Å². The van der Waals surface area contributed by atoms with E-state index in [1.807, 2.05) is 54.6 Å². The number of para-hydroxylation sites is 5. The molecule has 0 amide bonds. The molecule has 0 atom stereocenters. The Morgan fingerprint density at radius 3 is 1.08 bits per heavy atom. The van der Waals surface area contributed by atoms with Gasteiger partial charge in [0.25, 0.3) is 0 Å². The summed E-state index contributed by atoms with van der Waals surface area (Å²) >= 11 is 0. The van der Waals surface area contributed by atoms with Crippen LogP contribution in [0.25, 0.3) is 137 Å². The van der Waals surface area contributed by atoms with Crippen LogP contribution >= 0.6 is 0 Å². The molecule has 0 radical (unpaired) electrons. The Kier molecular flexibility index (Phi) is 7.83. The van der Waals surface area contributed by atoms with E-state index in [9.17, 15) is 10.5 Å². The van der Waals surface area contributed by atoms with Crippen LogP contribution in [-0.4, -0.2) is 18.3 Å². The van der Waals surface area contributed by atoms with E-state index in [2.05, 4.69) is 181 Å². The maximum Gasteiger partial charge on any atom is 0.188 e. The molecule has 5 aromatic heterocycles. The number of rotatable bonds is 4. The summed E-state index contributed by atoms with van der Waals surface area (Å²) in [6.07, 6.45) is 0. The molecule has 0 aliphatic rings. The van der Waals surface area contributed by atoms with Crippen LogP contribution in [0.2, 0.25) is 0 Å². The lowest BCUT2D eigenvalue weighted by Gasteiger charge is -2.14. The molecule has 8 heteroatoms. The zero-order chi connectivity index (χ0) is 47.1. The van der Waals surface area contributed by atoms with Crippen LogP contribution < -0.4 is 0 Å². The van der Waals surface area contributed by atoms with Crippen molar-refractivity contribution in [3.63, 3.8) is 0 Å². The predicted octanol–water partition coefficient (Wildman–Crippen LogP) is 16.3. The largest absolute Gasteiger partial charge is 0.452 e. The minimum Gasteiger partial charge on any atom is -0.452 e. The fourth-order valence-electron chi connectivity index (χ4n) is 11.6. The van der Waals surface area contributed by atoms with Gasteiger partial charge < -0.3 is 22.7 Å². The Hall–Kier alpha value is -10.3. The van der Waals surface area contributed by atoms with E-state index in [-0.39, 0.29) is 0 Å². The molecule has 0 saturated carbocycles. The van der Waals surface area contributed by atoms with Crippen molar-refractivity contribution in [3.8, 4) is 34.9 Å². The molecule has 71 heavy (non-hydrogen) atoms. The molecule has 0 N–H and O–H groups in total. The number of furan rings is 1. The summed E-state index contributed by atoms with van der Waals surface area (Å²) in [5.41, 5.74) is 14.8. The van der Waals surface area contributed by atoms with Crippen molar-refractivity contribution in [1.29, 1.82) is 10.5 Å². The molecule has 15 aromatic rings. The van der Waals surface area contributed by atoms with Gasteiger partial charge in [0.05, 0.1) is 85.3 Å². The van der Waals surface area contributed by atoms with E-state index in [1.54, 1.807) is 0 Å². The van der Waals surface area contributed by atoms with Crippen LogP contribution in [0.4, 0.5) is 5.69 Å². The van der Waals surface area contributed by atoms with Gasteiger partial charge in [-0.15, -0.1) is 0 Å². The average Bonchev–Trinajstić information content (AvgIpc) is 4.23. The predicted molar refractivity (Wildman–Crippen MR) is 287 cm³/mol. The van der Waals surface area contributed by atoms with Gasteiger partial charge in [-0.1, -0.05) is 97.1 Å². The van der Waals surface area contributed by atoms with Crippen LogP contribution in [0.5, 0.6) is 0 Å². The molecular formula is C63H33N7O. The van der Waals surface area contributed by atoms with Gasteiger partial charge >= 0.3 is 0 Å². The Labute approximate surface area is 403 Å². The fourth-order valence-corrected chi connectivity index (χ4v) is 11.6. The van der Waals surface area contributed by atoms with E-state index in [0.717, 1.165) is 126 Å². The number of hydrogen-bond donors (Lipinski definition) is 0. The number of aromatic nitrogens is 4. The number of fused-ring (bicyclic) bond motifs is 15. The summed E-state index contributed by atoms with van der Waals surface area (Å²) < 4.78 is 16.8. The van der Waals surface area contributed by atoms with Crippen molar-refractivity contribution in [2.45, 2.75) is 0 Å². The van der Waals surface area contributed by atoms with Gasteiger partial charge in [0.2, 0.25) is 0 Å². The van der Waals surface area contributed by atoms with Crippen LogP contribution in [0.3, 0.4) is 0 Å². The zero-order valence-corrected chi connectivity index (χ0v) is 37.6. The maximum absolute atomic E-state index is 10.1. The molecular weight excluding hydrogens is 871 g/mol. The highest BCUT2D eigenvalue weighted by Crippen LogP contribution is 2.46. The normalized spacial score (nSPS) is 11.9. The molecule has 326 valence electrons. The molecule has 0 spiro atoms. The van der Waals surface area contributed by atoms with Gasteiger partial charge in [-0.2, -0.15) is 10.5 Å². The first-order valence-electron chi connectivity index (χ1n) is 23.4. The minimum atomic E-state index is 0.587. The summed E-state index contributed by atoms with van der Waals surface area (Å²) in [5, 5.41) is 30.4. The second kappa shape index (κ2) is 14.3. The topological polar surface area (TPSA) is 84.8 Å². The maximum atomic E-state index is 10.1. The van der Waals surface area contributed by atoms with Crippen molar-refractivity contribution >= 4 is 115 Å². The minimum absolute atomic E-state index is 0.587. The Morgan fingerprint density at radius 1 is 0.338 bits per heavy atom. The molecule has 0 aliphatic heterocycles. The third kappa shape index (κ3) is 5.29. The fraction of sp³-hybridized carbons (Fsp3) is 0. The monoisotopic (exact) mass is 903 g/mol. The first kappa shape index (κ1) is 38.7. The van der Waals surface area contributed by atoms with E-state index in [0.29, 0.717) is 22.4 Å². The second-order valence-electron chi connectivity index (χ2n) is 18.2. The zero-order valence-electron chi connectivity index (χ0n) is 37.6. The number of benzene rings is 10. The Balaban J connectivity index is 1.16. The quantitative estimate of drug-likeness (QED) is 0.165. The number of nitriles is 2. The molecule has 0 aliphatic carbocycles. The highest BCUT2D eigenvalue weighted by Gasteiger charge is 2.26. The van der Waals surface area contributed by atoms with Crippen LogP contribution in [0.15, 0.2) is 205 Å². The average molecular weight is 904 g/mol. The lowest BCUT2D eigenvalue weighted by Crippen LogP contribution is -2.00. The van der Waals surface area contributed by atoms with E-state index in [4.69, 9.17) is 11.0 Å². The van der Waals surface area contributed by atoms with Crippen molar-refractivity contribution in [2.75, 3.05) is 0 Å². The first-order chi connectivity index (χ1) is 35.1. The first-order valence-corrected chi connectivity index (χ1v) is 23.4. The molecule has 15 rings (SSSR count). The summed E-state index contributed by atoms with van der Waals surface area (Å²) in [6, 6.07) is 73.8. The number of hydrogen-bond acceptors (Lipinski definition) is 3. The second-order valence-corrected chi connectivity index (χ2v) is 18.2. The van der Waals surface area contributed by atoms with Gasteiger partial charge in [-0.05, 0) is 109 Å². The van der Waals surface area contributed by atoms with Gasteiger partial charge in [-0.25, -0.2) is 4.85 Å². The van der Waals surface area contributed by atoms with Gasteiger partial charge in [-0.3, -0.25) is 0 Å². The van der Waals surface area contributed by atoms with Crippen LogP contribution in [0, 0.1) is 29.2 Å². The molecule has 0 unspecified atom stereocenters. The van der Waals surface area contributed by atoms with Gasteiger partial charge in [0, 0.05) is 59.9 Å².